The molecule has 2 aromatic rings. The fourth-order valence-corrected chi connectivity index (χ4v) is 4.62. The van der Waals surface area contributed by atoms with E-state index in [4.69, 9.17) is 0 Å². The Bertz CT molecular complexity index is 651. The molecule has 0 aliphatic carbocycles. The summed E-state index contributed by atoms with van der Waals surface area (Å²) in [6.45, 7) is 0. The van der Waals surface area contributed by atoms with E-state index in [1.165, 1.54) is 0 Å². The summed E-state index contributed by atoms with van der Waals surface area (Å²) >= 11 is 17.7. The van der Waals surface area contributed by atoms with Gasteiger partial charge in [-0.2, -0.15) is 0 Å². The highest BCUT2D eigenvalue weighted by atomic mass is 79.9. The van der Waals surface area contributed by atoms with Crippen molar-refractivity contribution < 1.29 is 0 Å². The molecule has 2 aromatic carbocycles. The fourth-order valence-electron chi connectivity index (χ4n) is 1.37. The predicted molar refractivity (Wildman–Crippen MR) is 97.4 cm³/mol. The van der Waals surface area contributed by atoms with Gasteiger partial charge in [-0.15, -0.1) is 0 Å². The molecule has 2 rings (SSSR count). The summed E-state index contributed by atoms with van der Waals surface area (Å²) < 4.78 is 4.63. The van der Waals surface area contributed by atoms with Crippen LogP contribution in [0.15, 0.2) is 52.7 Å². The number of halogens is 5. The molecule has 0 atom stereocenters. The first kappa shape index (κ1) is 15.8. The van der Waals surface area contributed by atoms with Crippen LogP contribution in [0, 0.1) is 11.8 Å². The first-order valence-corrected chi connectivity index (χ1v) is 9.07. The fraction of sp³-hybridized carbons (Fsp3) is 0. The molecule has 0 N–H and O–H groups in total. The maximum absolute atomic E-state index is 3.56. The van der Waals surface area contributed by atoms with Gasteiger partial charge in [0.2, 0.25) is 0 Å². The topological polar surface area (TPSA) is 0 Å². The second kappa shape index (κ2) is 6.91. The van der Waals surface area contributed by atoms with Gasteiger partial charge in [-0.05, 0) is 91.8 Å². The molecule has 0 spiro atoms. The minimum absolute atomic E-state index is 0.894. The van der Waals surface area contributed by atoms with E-state index in [0.29, 0.717) is 0 Å². The van der Waals surface area contributed by atoms with E-state index in [9.17, 15) is 0 Å². The van der Waals surface area contributed by atoms with Gasteiger partial charge < -0.3 is 0 Å². The van der Waals surface area contributed by atoms with E-state index in [0.717, 1.165) is 33.5 Å². The predicted octanol–water partition coefficient (Wildman–Crippen LogP) is 6.90. The number of rotatable bonds is 0. The Hall–Kier alpha value is 0.400. The third-order valence-electron chi connectivity index (χ3n) is 2.32. The van der Waals surface area contributed by atoms with Gasteiger partial charge in [0.05, 0.1) is 5.56 Å². The van der Waals surface area contributed by atoms with Crippen LogP contribution in [-0.4, -0.2) is 0 Å². The summed E-state index contributed by atoms with van der Waals surface area (Å²) in [7, 11) is 0. The largest absolute Gasteiger partial charge is 0.0622 e. The lowest BCUT2D eigenvalue weighted by Gasteiger charge is -2.09. The normalized spacial score (nSPS) is 9.95. The Morgan fingerprint density at radius 3 is 1.58 bits per heavy atom. The Labute approximate surface area is 154 Å². The van der Waals surface area contributed by atoms with Gasteiger partial charge in [0.1, 0.15) is 0 Å². The van der Waals surface area contributed by atoms with Crippen molar-refractivity contribution in [3.05, 3.63) is 63.8 Å². The lowest BCUT2D eigenvalue weighted by atomic mass is 10.2. The molecule has 0 aliphatic heterocycles. The van der Waals surface area contributed by atoms with Gasteiger partial charge in [0, 0.05) is 27.9 Å². The summed E-state index contributed by atoms with van der Waals surface area (Å²) in [5.74, 6) is 6.33. The van der Waals surface area contributed by atoms with Crippen LogP contribution in [0.25, 0.3) is 0 Å². The molecular weight excluding hydrogens is 568 g/mol. The summed E-state index contributed by atoms with van der Waals surface area (Å²) in [5, 5.41) is 0. The standard InChI is InChI=1S/C14H5Br5/c15-10-9(7-6-8-4-2-1-3-5-8)11(16)13(18)14(19)12(10)17/h1-5H. The van der Waals surface area contributed by atoms with Gasteiger partial charge in [0.15, 0.2) is 0 Å². The summed E-state index contributed by atoms with van der Waals surface area (Å²) in [6.07, 6.45) is 0. The van der Waals surface area contributed by atoms with Crippen molar-refractivity contribution in [3.8, 4) is 11.8 Å². The molecule has 0 fully saturated rings. The van der Waals surface area contributed by atoms with Crippen LogP contribution in [0.4, 0.5) is 0 Å². The van der Waals surface area contributed by atoms with Crippen LogP contribution in [0.1, 0.15) is 11.1 Å². The molecule has 5 heteroatoms. The van der Waals surface area contributed by atoms with Crippen LogP contribution >= 0.6 is 79.6 Å². The molecule has 19 heavy (non-hydrogen) atoms. The molecule has 0 heterocycles. The smallest absolute Gasteiger partial charge is 0.0557 e. The molecule has 0 nitrogen and oxygen atoms in total. The van der Waals surface area contributed by atoms with E-state index in [-0.39, 0.29) is 0 Å². The van der Waals surface area contributed by atoms with Crippen LogP contribution < -0.4 is 0 Å². The van der Waals surface area contributed by atoms with Crippen LogP contribution in [0.3, 0.4) is 0 Å². The van der Waals surface area contributed by atoms with Crippen LogP contribution in [0.5, 0.6) is 0 Å². The highest BCUT2D eigenvalue weighted by Gasteiger charge is 2.16. The van der Waals surface area contributed by atoms with E-state index < -0.39 is 0 Å². The average Bonchev–Trinajstić information content (AvgIpc) is 2.44. The molecule has 0 saturated carbocycles. The van der Waals surface area contributed by atoms with E-state index in [2.05, 4.69) is 91.5 Å². The average molecular weight is 573 g/mol. The monoisotopic (exact) mass is 568 g/mol. The molecule has 0 aromatic heterocycles. The first-order chi connectivity index (χ1) is 9.02. The highest BCUT2D eigenvalue weighted by molar-refractivity contribution is 9.15. The third kappa shape index (κ3) is 3.54. The molecular formula is C14H5Br5. The Balaban J connectivity index is 2.57. The molecule has 96 valence electrons. The summed E-state index contributed by atoms with van der Waals surface area (Å²) in [6, 6.07) is 9.89. The van der Waals surface area contributed by atoms with Gasteiger partial charge >= 0.3 is 0 Å². The second-order valence-corrected chi connectivity index (χ2v) is 7.53. The zero-order valence-electron chi connectivity index (χ0n) is 9.28. The maximum Gasteiger partial charge on any atom is 0.0557 e. The van der Waals surface area contributed by atoms with Crippen molar-refractivity contribution in [2.45, 2.75) is 0 Å². The van der Waals surface area contributed by atoms with Gasteiger partial charge in [-0.25, -0.2) is 0 Å². The van der Waals surface area contributed by atoms with Crippen LogP contribution in [-0.2, 0) is 0 Å². The Kier molecular flexibility index (Phi) is 5.74. The lowest BCUT2D eigenvalue weighted by molar-refractivity contribution is 1.42. The maximum atomic E-state index is 3.56. The van der Waals surface area contributed by atoms with E-state index in [1.807, 2.05) is 30.3 Å². The van der Waals surface area contributed by atoms with Gasteiger partial charge in [-0.1, -0.05) is 30.0 Å². The second-order valence-electron chi connectivity index (χ2n) is 3.56. The zero-order valence-corrected chi connectivity index (χ0v) is 17.2. The highest BCUT2D eigenvalue weighted by Crippen LogP contribution is 2.44. The van der Waals surface area contributed by atoms with Gasteiger partial charge in [-0.3, -0.25) is 0 Å². The van der Waals surface area contributed by atoms with Crippen molar-refractivity contribution in [1.82, 2.24) is 0 Å². The zero-order chi connectivity index (χ0) is 14.0. The van der Waals surface area contributed by atoms with Crippen molar-refractivity contribution >= 4 is 79.6 Å². The molecule has 0 unspecified atom stereocenters. The van der Waals surface area contributed by atoms with E-state index in [1.54, 1.807) is 0 Å². The molecule has 0 bridgehead atoms. The number of hydrogen-bond donors (Lipinski definition) is 0. The van der Waals surface area contributed by atoms with Crippen molar-refractivity contribution in [2.75, 3.05) is 0 Å². The summed E-state index contributed by atoms with van der Waals surface area (Å²) in [4.78, 5) is 0. The van der Waals surface area contributed by atoms with E-state index >= 15 is 0 Å². The van der Waals surface area contributed by atoms with Crippen LogP contribution in [0.2, 0.25) is 0 Å². The van der Waals surface area contributed by atoms with Crippen molar-refractivity contribution in [3.63, 3.8) is 0 Å². The summed E-state index contributed by atoms with van der Waals surface area (Å²) in [5.41, 5.74) is 1.88. The van der Waals surface area contributed by atoms with Gasteiger partial charge in [0.25, 0.3) is 0 Å². The van der Waals surface area contributed by atoms with Crippen molar-refractivity contribution in [1.29, 1.82) is 0 Å². The number of benzene rings is 2. The van der Waals surface area contributed by atoms with Crippen molar-refractivity contribution in [2.24, 2.45) is 0 Å². The molecule has 0 saturated heterocycles. The molecule has 0 radical (unpaired) electrons. The molecule has 0 aliphatic rings. The minimum Gasteiger partial charge on any atom is -0.0622 e. The minimum atomic E-state index is 0.894. The lowest BCUT2D eigenvalue weighted by Crippen LogP contribution is -1.87. The third-order valence-corrected chi connectivity index (χ3v) is 8.41. The first-order valence-electron chi connectivity index (χ1n) is 5.11. The molecule has 0 amide bonds. The number of hydrogen-bond acceptors (Lipinski definition) is 0. The Morgan fingerprint density at radius 1 is 0.579 bits per heavy atom. The quantitative estimate of drug-likeness (QED) is 0.183. The Morgan fingerprint density at radius 2 is 1.05 bits per heavy atom. The SMILES string of the molecule is Brc1c(Br)c(Br)c(C#Cc2ccccc2)c(Br)c1Br.